The fourth-order valence-electron chi connectivity index (χ4n) is 2.55. The average molecular weight is 483 g/mol. The van der Waals surface area contributed by atoms with Crippen molar-refractivity contribution in [2.24, 2.45) is 0 Å². The molecule has 0 heterocycles. The molecule has 0 bridgehead atoms. The summed E-state index contributed by atoms with van der Waals surface area (Å²) in [5, 5.41) is 21.1. The van der Waals surface area contributed by atoms with Crippen LogP contribution in [0.25, 0.3) is 0 Å². The van der Waals surface area contributed by atoms with Gasteiger partial charge in [-0.2, -0.15) is 0 Å². The number of hydrogen-bond acceptors (Lipinski definition) is 8. The molecule has 0 aliphatic carbocycles. The van der Waals surface area contributed by atoms with Crippen LogP contribution in [0.1, 0.15) is 78.1 Å². The third-order valence-corrected chi connectivity index (χ3v) is 5.35. The van der Waals surface area contributed by atoms with Crippen LogP contribution in [0.2, 0.25) is 0 Å². The first kappa shape index (κ1) is 30.5. The quantitative estimate of drug-likeness (QED) is 0.115. The number of aliphatic carboxylic acids is 1. The van der Waals surface area contributed by atoms with Crippen LogP contribution >= 0.6 is 7.82 Å². The second-order valence-electron chi connectivity index (χ2n) is 7.48. The van der Waals surface area contributed by atoms with Gasteiger partial charge in [0.05, 0.1) is 13.2 Å². The van der Waals surface area contributed by atoms with Crippen LogP contribution in [0.15, 0.2) is 0 Å². The molecular formula is C20H38NO10P. The molecule has 0 aromatic heterocycles. The number of esters is 1. The SMILES string of the molecule is CCCCCCCC(=O)NC(COP(=O)(O)OCC(O)COC(=O)CCCCC)C(=O)O. The van der Waals surface area contributed by atoms with Crippen molar-refractivity contribution in [1.82, 2.24) is 5.32 Å². The predicted molar refractivity (Wildman–Crippen MR) is 116 cm³/mol. The number of aliphatic hydroxyl groups is 1. The molecule has 0 saturated carbocycles. The minimum atomic E-state index is -4.70. The third kappa shape index (κ3) is 17.1. The molecule has 0 radical (unpaired) electrons. The van der Waals surface area contributed by atoms with Gasteiger partial charge in [0.15, 0.2) is 6.04 Å². The lowest BCUT2D eigenvalue weighted by molar-refractivity contribution is -0.147. The number of carboxylic acid groups (broad SMARTS) is 1. The largest absolute Gasteiger partial charge is 0.480 e. The van der Waals surface area contributed by atoms with Crippen molar-refractivity contribution in [3.8, 4) is 0 Å². The fraction of sp³-hybridized carbons (Fsp3) is 0.850. The topological polar surface area (TPSA) is 169 Å². The van der Waals surface area contributed by atoms with Gasteiger partial charge in [-0.15, -0.1) is 0 Å². The molecule has 1 amide bonds. The van der Waals surface area contributed by atoms with E-state index in [9.17, 15) is 34.1 Å². The van der Waals surface area contributed by atoms with Crippen molar-refractivity contribution in [2.45, 2.75) is 90.2 Å². The van der Waals surface area contributed by atoms with Gasteiger partial charge in [0, 0.05) is 12.8 Å². The second kappa shape index (κ2) is 18.0. The van der Waals surface area contributed by atoms with E-state index in [1.54, 1.807) is 0 Å². The number of unbranched alkanes of at least 4 members (excludes halogenated alkanes) is 6. The van der Waals surface area contributed by atoms with Gasteiger partial charge in [-0.1, -0.05) is 52.4 Å². The fourth-order valence-corrected chi connectivity index (χ4v) is 3.32. The van der Waals surface area contributed by atoms with E-state index in [4.69, 9.17) is 4.74 Å². The highest BCUT2D eigenvalue weighted by molar-refractivity contribution is 7.47. The smallest absolute Gasteiger partial charge is 0.472 e. The van der Waals surface area contributed by atoms with Crippen LogP contribution in [-0.2, 0) is 32.7 Å². The standard InChI is InChI=1S/C20H38NO10P/c1-3-5-7-8-10-11-18(23)21-17(20(25)26)15-31-32(27,28)30-14-16(22)13-29-19(24)12-9-6-4-2/h16-17,22H,3-15H2,1-2H3,(H,21,23)(H,25,26)(H,27,28). The molecule has 0 fully saturated rings. The molecule has 3 atom stereocenters. The molecule has 12 heteroatoms. The van der Waals surface area contributed by atoms with Gasteiger partial charge in [-0.3, -0.25) is 18.6 Å². The van der Waals surface area contributed by atoms with Crippen molar-refractivity contribution >= 4 is 25.7 Å². The molecule has 32 heavy (non-hydrogen) atoms. The van der Waals surface area contributed by atoms with Gasteiger partial charge in [0.2, 0.25) is 5.91 Å². The van der Waals surface area contributed by atoms with Gasteiger partial charge in [-0.25, -0.2) is 9.36 Å². The number of nitrogens with one attached hydrogen (secondary N) is 1. The number of aliphatic hydroxyl groups excluding tert-OH is 1. The lowest BCUT2D eigenvalue weighted by Gasteiger charge is -2.18. The van der Waals surface area contributed by atoms with Crippen molar-refractivity contribution < 1.29 is 47.8 Å². The molecule has 3 unspecified atom stereocenters. The summed E-state index contributed by atoms with van der Waals surface area (Å²) in [5.41, 5.74) is 0. The second-order valence-corrected chi connectivity index (χ2v) is 8.93. The molecule has 0 aliphatic rings. The molecule has 0 saturated heterocycles. The summed E-state index contributed by atoms with van der Waals surface area (Å²) < 4.78 is 26.0. The third-order valence-electron chi connectivity index (χ3n) is 4.40. The predicted octanol–water partition coefficient (Wildman–Crippen LogP) is 2.53. The number of carbonyl (C=O) groups is 3. The number of phosphoric ester groups is 1. The molecule has 4 N–H and O–H groups in total. The Labute approximate surface area is 189 Å². The summed E-state index contributed by atoms with van der Waals surface area (Å²) in [5.74, 6) is -2.42. The summed E-state index contributed by atoms with van der Waals surface area (Å²) in [6, 6.07) is -1.53. The van der Waals surface area contributed by atoms with Crippen molar-refractivity contribution in [3.63, 3.8) is 0 Å². The summed E-state index contributed by atoms with van der Waals surface area (Å²) in [4.78, 5) is 44.3. The Morgan fingerprint density at radius 1 is 0.875 bits per heavy atom. The first-order chi connectivity index (χ1) is 15.1. The average Bonchev–Trinajstić information content (AvgIpc) is 2.73. The van der Waals surface area contributed by atoms with Crippen LogP contribution in [0.3, 0.4) is 0 Å². The highest BCUT2D eigenvalue weighted by atomic mass is 31.2. The Morgan fingerprint density at radius 3 is 2.06 bits per heavy atom. The van der Waals surface area contributed by atoms with E-state index in [0.29, 0.717) is 12.8 Å². The van der Waals surface area contributed by atoms with Gasteiger partial charge < -0.3 is 25.2 Å². The van der Waals surface area contributed by atoms with Crippen molar-refractivity contribution in [1.29, 1.82) is 0 Å². The first-order valence-corrected chi connectivity index (χ1v) is 12.6. The van der Waals surface area contributed by atoms with Crippen LogP contribution in [0.5, 0.6) is 0 Å². The maximum Gasteiger partial charge on any atom is 0.472 e. The van der Waals surface area contributed by atoms with Crippen LogP contribution in [-0.4, -0.2) is 64.9 Å². The summed E-state index contributed by atoms with van der Waals surface area (Å²) in [6.07, 6.45) is 6.07. The molecule has 0 rings (SSSR count). The highest BCUT2D eigenvalue weighted by Gasteiger charge is 2.28. The zero-order valence-electron chi connectivity index (χ0n) is 19.0. The number of carbonyl (C=O) groups excluding carboxylic acids is 2. The molecule has 0 aromatic carbocycles. The van der Waals surface area contributed by atoms with E-state index in [1.165, 1.54) is 0 Å². The van der Waals surface area contributed by atoms with Crippen molar-refractivity contribution in [2.75, 3.05) is 19.8 Å². The van der Waals surface area contributed by atoms with Gasteiger partial charge in [0.1, 0.15) is 12.7 Å². The van der Waals surface area contributed by atoms with Crippen LogP contribution in [0, 0.1) is 0 Å². The van der Waals surface area contributed by atoms with E-state index in [2.05, 4.69) is 21.3 Å². The molecule has 0 aliphatic heterocycles. The summed E-state index contributed by atoms with van der Waals surface area (Å²) >= 11 is 0. The Balaban J connectivity index is 4.26. The number of hydrogen-bond donors (Lipinski definition) is 4. The normalized spacial score (nSPS) is 14.9. The summed E-state index contributed by atoms with van der Waals surface area (Å²) in [7, 11) is -4.70. The Morgan fingerprint density at radius 2 is 1.44 bits per heavy atom. The van der Waals surface area contributed by atoms with E-state index in [0.717, 1.165) is 38.5 Å². The number of amides is 1. The highest BCUT2D eigenvalue weighted by Crippen LogP contribution is 2.43. The van der Waals surface area contributed by atoms with Crippen LogP contribution in [0.4, 0.5) is 0 Å². The maximum atomic E-state index is 11.9. The molecule has 11 nitrogen and oxygen atoms in total. The first-order valence-electron chi connectivity index (χ1n) is 11.1. The summed E-state index contributed by atoms with van der Waals surface area (Å²) in [6.45, 7) is 2.17. The number of ether oxygens (including phenoxy) is 1. The van der Waals surface area contributed by atoms with Gasteiger partial charge in [-0.05, 0) is 12.8 Å². The molecule has 0 spiro atoms. The minimum Gasteiger partial charge on any atom is -0.480 e. The van der Waals surface area contributed by atoms with E-state index in [-0.39, 0.29) is 12.8 Å². The minimum absolute atomic E-state index is 0.143. The van der Waals surface area contributed by atoms with E-state index < -0.39 is 57.6 Å². The van der Waals surface area contributed by atoms with E-state index in [1.807, 2.05) is 6.92 Å². The van der Waals surface area contributed by atoms with Gasteiger partial charge >= 0.3 is 19.8 Å². The van der Waals surface area contributed by atoms with E-state index >= 15 is 0 Å². The molecular weight excluding hydrogens is 445 g/mol. The Hall–Kier alpha value is -1.52. The van der Waals surface area contributed by atoms with Crippen LogP contribution < -0.4 is 5.32 Å². The Bertz CT molecular complexity index is 601. The van der Waals surface area contributed by atoms with Gasteiger partial charge in [0.25, 0.3) is 0 Å². The lowest BCUT2D eigenvalue weighted by Crippen LogP contribution is -2.43. The number of rotatable bonds is 20. The Kier molecular flexibility index (Phi) is 17.1. The molecule has 188 valence electrons. The van der Waals surface area contributed by atoms with Crippen molar-refractivity contribution in [3.05, 3.63) is 0 Å². The molecule has 0 aromatic rings. The number of carboxylic acids is 1. The zero-order valence-corrected chi connectivity index (χ0v) is 19.9. The maximum absolute atomic E-state index is 11.9. The monoisotopic (exact) mass is 483 g/mol. The zero-order chi connectivity index (χ0) is 24.4. The lowest BCUT2D eigenvalue weighted by atomic mass is 10.1. The number of phosphoric acid groups is 1.